The van der Waals surface area contributed by atoms with Crippen LogP contribution in [-0.4, -0.2) is 28.4 Å². The minimum Gasteiger partial charge on any atom is -0.493 e. The van der Waals surface area contributed by atoms with Crippen LogP contribution in [0.25, 0.3) is 6.08 Å². The van der Waals surface area contributed by atoms with E-state index in [1.54, 1.807) is 51.6 Å². The van der Waals surface area contributed by atoms with Crippen molar-refractivity contribution in [2.24, 2.45) is 0 Å². The van der Waals surface area contributed by atoms with E-state index < -0.39 is 0 Å². The Kier molecular flexibility index (Phi) is 6.92. The largest absolute Gasteiger partial charge is 0.493 e. The van der Waals surface area contributed by atoms with Crippen molar-refractivity contribution in [3.63, 3.8) is 0 Å². The van der Waals surface area contributed by atoms with Gasteiger partial charge >= 0.3 is 0 Å². The fraction of sp³-hybridized carbons (Fsp3) is 0.185. The average Bonchev–Trinajstić information content (AvgIpc) is 3.30. The lowest BCUT2D eigenvalue weighted by atomic mass is 10.0. The number of benzene rings is 3. The van der Waals surface area contributed by atoms with Crippen molar-refractivity contribution in [2.75, 3.05) is 33.4 Å². The molecule has 0 unspecified atom stereocenters. The molecule has 1 N–H and O–H groups in total. The van der Waals surface area contributed by atoms with Gasteiger partial charge in [-0.25, -0.2) is 4.39 Å². The first kappa shape index (κ1) is 23.0. The summed E-state index contributed by atoms with van der Waals surface area (Å²) in [6, 6.07) is 17.6. The molecule has 3 aromatic rings. The molecular weight excluding hydrogens is 435 g/mol. The van der Waals surface area contributed by atoms with Crippen LogP contribution in [0.3, 0.4) is 0 Å². The van der Waals surface area contributed by atoms with Crippen LogP contribution in [0.15, 0.2) is 78.5 Å². The number of methoxy groups -OCH3 is 4. The van der Waals surface area contributed by atoms with Gasteiger partial charge in [0, 0.05) is 11.1 Å². The highest BCUT2D eigenvalue weighted by Gasteiger charge is 2.30. The van der Waals surface area contributed by atoms with Gasteiger partial charge in [-0.15, -0.1) is 0 Å². The number of para-hydroxylation sites is 3. The van der Waals surface area contributed by atoms with Gasteiger partial charge < -0.3 is 18.9 Å². The summed E-state index contributed by atoms with van der Waals surface area (Å²) in [5, 5.41) is 1.77. The topological polar surface area (TPSA) is 52.2 Å². The third-order valence-electron chi connectivity index (χ3n) is 5.61. The number of allylic oxidation sites excluding steroid dienone is 1. The smallest absolute Gasteiger partial charge is 0.167 e. The standard InChI is InChI=1S/C27H27FN2O4/c1-31-24-13-7-9-18(26(24)33-3)15-16-19-17-23(20-10-8-14-25(32-2)27(20)34-4)30(29-19)22-12-6-5-11-21(22)28/h5-17,23,29H,1-4H3/t23-/m1/s1. The first-order chi connectivity index (χ1) is 16.6. The molecule has 0 spiro atoms. The molecule has 4 rings (SSSR count). The van der Waals surface area contributed by atoms with Crippen LogP contribution in [-0.2, 0) is 0 Å². The molecule has 0 saturated carbocycles. The Hall–Kier alpha value is -4.13. The first-order valence-corrected chi connectivity index (χ1v) is 10.7. The molecule has 34 heavy (non-hydrogen) atoms. The second-order valence-corrected chi connectivity index (χ2v) is 7.50. The summed E-state index contributed by atoms with van der Waals surface area (Å²) in [6.07, 6.45) is 5.84. The molecule has 1 heterocycles. The van der Waals surface area contributed by atoms with Gasteiger partial charge in [-0.3, -0.25) is 10.4 Å². The van der Waals surface area contributed by atoms with E-state index in [9.17, 15) is 4.39 Å². The lowest BCUT2D eigenvalue weighted by Gasteiger charge is -2.29. The van der Waals surface area contributed by atoms with Crippen molar-refractivity contribution < 1.29 is 23.3 Å². The van der Waals surface area contributed by atoms with Gasteiger partial charge in [0.1, 0.15) is 5.82 Å². The fourth-order valence-electron chi connectivity index (χ4n) is 4.04. The van der Waals surface area contributed by atoms with E-state index in [4.69, 9.17) is 18.9 Å². The Bertz CT molecular complexity index is 1230. The van der Waals surface area contributed by atoms with E-state index in [-0.39, 0.29) is 11.9 Å². The first-order valence-electron chi connectivity index (χ1n) is 10.7. The maximum absolute atomic E-state index is 14.8. The molecule has 0 fully saturated rings. The maximum Gasteiger partial charge on any atom is 0.167 e. The Balaban J connectivity index is 1.76. The summed E-state index contributed by atoms with van der Waals surface area (Å²) in [4.78, 5) is 0. The molecule has 176 valence electrons. The molecule has 0 aliphatic carbocycles. The van der Waals surface area contributed by atoms with Crippen LogP contribution in [0.5, 0.6) is 23.0 Å². The van der Waals surface area contributed by atoms with Gasteiger partial charge in [0.25, 0.3) is 0 Å². The molecule has 6 nitrogen and oxygen atoms in total. The van der Waals surface area contributed by atoms with Gasteiger partial charge in [-0.1, -0.05) is 36.4 Å². The molecule has 1 aliphatic rings. The zero-order valence-electron chi connectivity index (χ0n) is 19.5. The zero-order chi connectivity index (χ0) is 24.1. The third-order valence-corrected chi connectivity index (χ3v) is 5.61. The SMILES string of the molecule is COc1cccc(C=CC2=C[C@H](c3cccc(OC)c3OC)N(c3ccccc3F)N2)c1OC. The van der Waals surface area contributed by atoms with Crippen LogP contribution in [0.1, 0.15) is 17.2 Å². The molecule has 0 saturated heterocycles. The number of hydrogen-bond donors (Lipinski definition) is 1. The number of hydrogen-bond acceptors (Lipinski definition) is 6. The number of nitrogens with zero attached hydrogens (tertiary/aromatic N) is 1. The second-order valence-electron chi connectivity index (χ2n) is 7.50. The molecule has 3 aromatic carbocycles. The Morgan fingerprint density at radius 2 is 1.44 bits per heavy atom. The van der Waals surface area contributed by atoms with E-state index in [0.717, 1.165) is 16.8 Å². The molecule has 1 aliphatic heterocycles. The number of ether oxygens (including phenoxy) is 4. The number of halogens is 1. The minimum absolute atomic E-state index is 0.338. The van der Waals surface area contributed by atoms with E-state index >= 15 is 0 Å². The summed E-state index contributed by atoms with van der Waals surface area (Å²) >= 11 is 0. The summed E-state index contributed by atoms with van der Waals surface area (Å²) in [6.45, 7) is 0. The van der Waals surface area contributed by atoms with Crippen molar-refractivity contribution in [1.29, 1.82) is 0 Å². The molecule has 0 amide bonds. The van der Waals surface area contributed by atoms with Gasteiger partial charge in [0.2, 0.25) is 0 Å². The van der Waals surface area contributed by atoms with Crippen LogP contribution < -0.4 is 29.4 Å². The van der Waals surface area contributed by atoms with Gasteiger partial charge in [0.15, 0.2) is 23.0 Å². The predicted molar refractivity (Wildman–Crippen MR) is 131 cm³/mol. The number of anilines is 1. The minimum atomic E-state index is -0.353. The molecule has 7 heteroatoms. The molecule has 0 aromatic heterocycles. The van der Waals surface area contributed by atoms with E-state index in [1.165, 1.54) is 6.07 Å². The van der Waals surface area contributed by atoms with Crippen molar-refractivity contribution in [2.45, 2.75) is 6.04 Å². The molecule has 0 bridgehead atoms. The highest BCUT2D eigenvalue weighted by Crippen LogP contribution is 2.41. The highest BCUT2D eigenvalue weighted by molar-refractivity contribution is 5.65. The second kappa shape index (κ2) is 10.2. The van der Waals surface area contributed by atoms with Crippen LogP contribution in [0, 0.1) is 5.82 Å². The average molecular weight is 463 g/mol. The van der Waals surface area contributed by atoms with Crippen molar-refractivity contribution in [3.8, 4) is 23.0 Å². The Morgan fingerprint density at radius 1 is 0.765 bits per heavy atom. The lowest BCUT2D eigenvalue weighted by molar-refractivity contribution is 0.350. The molecular formula is C27H27FN2O4. The summed E-state index contributed by atoms with van der Waals surface area (Å²) in [7, 11) is 6.39. The van der Waals surface area contributed by atoms with Gasteiger partial charge in [-0.05, 0) is 42.5 Å². The normalized spacial score (nSPS) is 15.1. The summed E-state index contributed by atoms with van der Waals surface area (Å²) < 4.78 is 36.9. The molecule has 1 atom stereocenters. The maximum atomic E-state index is 14.8. The van der Waals surface area contributed by atoms with Gasteiger partial charge in [0.05, 0.1) is 45.9 Å². The summed E-state index contributed by atoms with van der Waals surface area (Å²) in [5.74, 6) is 2.14. The zero-order valence-corrected chi connectivity index (χ0v) is 19.5. The van der Waals surface area contributed by atoms with Gasteiger partial charge in [-0.2, -0.15) is 0 Å². The van der Waals surface area contributed by atoms with Crippen LogP contribution in [0.4, 0.5) is 10.1 Å². The molecule has 0 radical (unpaired) electrons. The Labute approximate surface area is 198 Å². The number of nitrogens with one attached hydrogen (secondary N) is 1. The monoisotopic (exact) mass is 462 g/mol. The summed E-state index contributed by atoms with van der Waals surface area (Å²) in [5.41, 5.74) is 6.20. The number of hydrazine groups is 1. The third kappa shape index (κ3) is 4.37. The Morgan fingerprint density at radius 3 is 2.12 bits per heavy atom. The predicted octanol–water partition coefficient (Wildman–Crippen LogP) is 5.52. The van der Waals surface area contributed by atoms with Crippen LogP contribution in [0.2, 0.25) is 0 Å². The highest BCUT2D eigenvalue weighted by atomic mass is 19.1. The van der Waals surface area contributed by atoms with Crippen molar-refractivity contribution >= 4 is 11.8 Å². The lowest BCUT2D eigenvalue weighted by Crippen LogP contribution is -2.34. The quantitative estimate of drug-likeness (QED) is 0.476. The van der Waals surface area contributed by atoms with E-state index in [2.05, 4.69) is 5.43 Å². The van der Waals surface area contributed by atoms with E-state index in [1.807, 2.05) is 54.6 Å². The number of rotatable bonds is 8. The fourth-order valence-corrected chi connectivity index (χ4v) is 4.04. The van der Waals surface area contributed by atoms with Crippen molar-refractivity contribution in [3.05, 3.63) is 95.5 Å². The van der Waals surface area contributed by atoms with E-state index in [0.29, 0.717) is 28.7 Å². The van der Waals surface area contributed by atoms with Crippen molar-refractivity contribution in [1.82, 2.24) is 5.43 Å². The van der Waals surface area contributed by atoms with Crippen LogP contribution >= 0.6 is 0 Å².